The van der Waals surface area contributed by atoms with E-state index in [4.69, 9.17) is 10.7 Å². The first kappa shape index (κ1) is 16.2. The number of aliphatic imine (C=N–C) groups is 1. The van der Waals surface area contributed by atoms with Gasteiger partial charge in [0.1, 0.15) is 0 Å². The molecule has 0 heterocycles. The van der Waals surface area contributed by atoms with Gasteiger partial charge in [-0.3, -0.25) is 4.99 Å². The largest absolute Gasteiger partial charge is 0.370 e. The molecule has 0 unspecified atom stereocenters. The molecule has 1 aliphatic carbocycles. The highest BCUT2D eigenvalue weighted by Crippen LogP contribution is 2.45. The maximum Gasteiger partial charge on any atom is 0.191 e. The molecule has 0 spiro atoms. The average Bonchev–Trinajstić information content (AvgIpc) is 2.96. The highest BCUT2D eigenvalue weighted by atomic mass is 32.2. The van der Waals surface area contributed by atoms with E-state index in [1.54, 1.807) is 0 Å². The first-order valence-corrected chi connectivity index (χ1v) is 8.79. The molecule has 116 valence electrons. The van der Waals surface area contributed by atoms with Gasteiger partial charge in [-0.05, 0) is 38.8 Å². The first-order chi connectivity index (χ1) is 10.2. The van der Waals surface area contributed by atoms with Gasteiger partial charge < -0.3 is 10.6 Å². The Bertz CT molecular complexity index is 448. The van der Waals surface area contributed by atoms with Gasteiger partial charge in [-0.25, -0.2) is 0 Å². The minimum Gasteiger partial charge on any atom is -0.370 e. The topological polar surface area (TPSA) is 41.6 Å². The number of nitrogens with two attached hydrogens (primary N) is 1. The SMILES string of the molecule is CCN(CC)C(N)=NCC1(Sc2ccccc2)CCCC1. The lowest BCUT2D eigenvalue weighted by Gasteiger charge is -2.28. The summed E-state index contributed by atoms with van der Waals surface area (Å²) < 4.78 is 0.235. The van der Waals surface area contributed by atoms with Crippen LogP contribution in [-0.4, -0.2) is 35.2 Å². The Kier molecular flexibility index (Phi) is 5.97. The first-order valence-electron chi connectivity index (χ1n) is 7.98. The number of benzene rings is 1. The minimum atomic E-state index is 0.235. The van der Waals surface area contributed by atoms with Crippen LogP contribution in [0.3, 0.4) is 0 Å². The summed E-state index contributed by atoms with van der Waals surface area (Å²) in [6.45, 7) is 6.91. The van der Waals surface area contributed by atoms with Crippen LogP contribution >= 0.6 is 11.8 Å². The summed E-state index contributed by atoms with van der Waals surface area (Å²) in [5, 5.41) is 0. The standard InChI is InChI=1S/C17H27N3S/c1-3-20(4-2)16(18)19-14-17(12-8-9-13-17)21-15-10-6-5-7-11-15/h5-7,10-11H,3-4,8-9,12-14H2,1-2H3,(H2,18,19). The molecule has 0 atom stereocenters. The van der Waals surface area contributed by atoms with Crippen molar-refractivity contribution >= 4 is 17.7 Å². The molecule has 1 aliphatic rings. The van der Waals surface area contributed by atoms with Crippen molar-refractivity contribution in [3.8, 4) is 0 Å². The van der Waals surface area contributed by atoms with Crippen molar-refractivity contribution in [3.63, 3.8) is 0 Å². The van der Waals surface area contributed by atoms with Crippen LogP contribution in [0, 0.1) is 0 Å². The lowest BCUT2D eigenvalue weighted by molar-refractivity contribution is 0.455. The molecule has 0 saturated heterocycles. The molecule has 4 heteroatoms. The summed E-state index contributed by atoms with van der Waals surface area (Å²) in [6, 6.07) is 10.7. The van der Waals surface area contributed by atoms with Crippen LogP contribution in [0.1, 0.15) is 39.5 Å². The zero-order valence-electron chi connectivity index (χ0n) is 13.2. The van der Waals surface area contributed by atoms with E-state index in [9.17, 15) is 0 Å². The van der Waals surface area contributed by atoms with E-state index in [-0.39, 0.29) is 4.75 Å². The Balaban J connectivity index is 2.07. The van der Waals surface area contributed by atoms with E-state index < -0.39 is 0 Å². The number of nitrogens with zero attached hydrogens (tertiary/aromatic N) is 2. The van der Waals surface area contributed by atoms with Crippen LogP contribution in [0.25, 0.3) is 0 Å². The Morgan fingerprint density at radius 3 is 2.38 bits per heavy atom. The van der Waals surface area contributed by atoms with Crippen molar-refractivity contribution in [2.24, 2.45) is 10.7 Å². The molecule has 1 aromatic carbocycles. The Labute approximate surface area is 133 Å². The molecule has 2 rings (SSSR count). The van der Waals surface area contributed by atoms with Crippen LogP contribution in [0.4, 0.5) is 0 Å². The molecular formula is C17H27N3S. The van der Waals surface area contributed by atoms with Gasteiger partial charge in [0.25, 0.3) is 0 Å². The minimum absolute atomic E-state index is 0.235. The van der Waals surface area contributed by atoms with E-state index in [1.807, 2.05) is 11.8 Å². The third kappa shape index (κ3) is 4.40. The summed E-state index contributed by atoms with van der Waals surface area (Å²) in [7, 11) is 0. The van der Waals surface area contributed by atoms with E-state index in [0.29, 0.717) is 5.96 Å². The normalized spacial score (nSPS) is 17.9. The highest BCUT2D eigenvalue weighted by molar-refractivity contribution is 8.00. The van der Waals surface area contributed by atoms with Gasteiger partial charge in [0.2, 0.25) is 0 Å². The van der Waals surface area contributed by atoms with Crippen LogP contribution in [0.5, 0.6) is 0 Å². The molecule has 2 N–H and O–H groups in total. The maximum atomic E-state index is 6.14. The Hall–Kier alpha value is -1.16. The average molecular weight is 305 g/mol. The van der Waals surface area contributed by atoms with Crippen LogP contribution < -0.4 is 5.73 Å². The summed E-state index contributed by atoms with van der Waals surface area (Å²) in [5.74, 6) is 0.694. The number of thioether (sulfide) groups is 1. The molecule has 0 aromatic heterocycles. The highest BCUT2D eigenvalue weighted by Gasteiger charge is 2.35. The van der Waals surface area contributed by atoms with E-state index in [1.165, 1.54) is 30.6 Å². The molecule has 0 bridgehead atoms. The predicted octanol–water partition coefficient (Wildman–Crippen LogP) is 3.75. The van der Waals surface area contributed by atoms with Crippen molar-refractivity contribution in [1.29, 1.82) is 0 Å². The maximum absolute atomic E-state index is 6.14. The van der Waals surface area contributed by atoms with Crippen molar-refractivity contribution in [2.45, 2.75) is 49.2 Å². The van der Waals surface area contributed by atoms with Gasteiger partial charge in [-0.2, -0.15) is 0 Å². The zero-order valence-corrected chi connectivity index (χ0v) is 14.0. The molecule has 1 aromatic rings. The predicted molar refractivity (Wildman–Crippen MR) is 92.9 cm³/mol. The molecule has 0 aliphatic heterocycles. The summed E-state index contributed by atoms with van der Waals surface area (Å²) in [5.41, 5.74) is 6.14. The molecule has 0 amide bonds. The summed E-state index contributed by atoms with van der Waals surface area (Å²) >= 11 is 1.99. The third-order valence-electron chi connectivity index (χ3n) is 4.21. The molecule has 3 nitrogen and oxygen atoms in total. The number of rotatable bonds is 6. The van der Waals surface area contributed by atoms with Crippen LogP contribution in [0.15, 0.2) is 40.2 Å². The quantitative estimate of drug-likeness (QED) is 0.643. The second-order valence-electron chi connectivity index (χ2n) is 5.65. The van der Waals surface area contributed by atoms with Crippen LogP contribution in [-0.2, 0) is 0 Å². The number of hydrogen-bond acceptors (Lipinski definition) is 2. The van der Waals surface area contributed by atoms with Crippen LogP contribution in [0.2, 0.25) is 0 Å². The lowest BCUT2D eigenvalue weighted by atomic mass is 10.1. The Morgan fingerprint density at radius 1 is 1.19 bits per heavy atom. The van der Waals surface area contributed by atoms with E-state index in [2.05, 4.69) is 49.1 Å². The van der Waals surface area contributed by atoms with Gasteiger partial charge in [0.15, 0.2) is 5.96 Å². The third-order valence-corrected chi connectivity index (χ3v) is 5.69. The Morgan fingerprint density at radius 2 is 1.81 bits per heavy atom. The fourth-order valence-corrected chi connectivity index (χ4v) is 4.34. The lowest BCUT2D eigenvalue weighted by Crippen LogP contribution is -2.38. The van der Waals surface area contributed by atoms with Gasteiger partial charge in [0, 0.05) is 22.7 Å². The van der Waals surface area contributed by atoms with Crippen molar-refractivity contribution in [2.75, 3.05) is 19.6 Å². The van der Waals surface area contributed by atoms with Gasteiger partial charge in [0.05, 0.1) is 6.54 Å². The molecule has 1 fully saturated rings. The van der Waals surface area contributed by atoms with E-state index >= 15 is 0 Å². The van der Waals surface area contributed by atoms with Crippen molar-refractivity contribution < 1.29 is 0 Å². The number of hydrogen-bond donors (Lipinski definition) is 1. The molecule has 21 heavy (non-hydrogen) atoms. The second kappa shape index (κ2) is 7.74. The fourth-order valence-electron chi connectivity index (χ4n) is 2.92. The fraction of sp³-hybridized carbons (Fsp3) is 0.588. The second-order valence-corrected chi connectivity index (χ2v) is 7.19. The number of guanidine groups is 1. The van der Waals surface area contributed by atoms with Crippen molar-refractivity contribution in [3.05, 3.63) is 30.3 Å². The molecule has 1 saturated carbocycles. The smallest absolute Gasteiger partial charge is 0.191 e. The van der Waals surface area contributed by atoms with Gasteiger partial charge in [-0.15, -0.1) is 11.8 Å². The molecular weight excluding hydrogens is 278 g/mol. The van der Waals surface area contributed by atoms with Gasteiger partial charge in [-0.1, -0.05) is 31.0 Å². The molecule has 0 radical (unpaired) electrons. The zero-order chi connectivity index (χ0) is 15.1. The van der Waals surface area contributed by atoms with E-state index in [0.717, 1.165) is 19.6 Å². The summed E-state index contributed by atoms with van der Waals surface area (Å²) in [6.07, 6.45) is 5.09. The summed E-state index contributed by atoms with van der Waals surface area (Å²) in [4.78, 5) is 8.18. The van der Waals surface area contributed by atoms with Gasteiger partial charge >= 0.3 is 0 Å². The monoisotopic (exact) mass is 305 g/mol. The van der Waals surface area contributed by atoms with Crippen molar-refractivity contribution in [1.82, 2.24) is 4.90 Å².